The minimum Gasteiger partial charge on any atom is -0.494 e. The van der Waals surface area contributed by atoms with Gasteiger partial charge in [0.25, 0.3) is 5.91 Å². The summed E-state index contributed by atoms with van der Waals surface area (Å²) in [6.07, 6.45) is 1.55. The molecule has 0 saturated carbocycles. The molecule has 0 unspecified atom stereocenters. The number of hydrazone groups is 1. The fraction of sp³-hybridized carbons (Fsp3) is 0.200. The SMILES string of the molecule is CCOc1ccc(C(=O)N/N=C\c2cc(Br)c(OCc3ccc(Br)cc3)c(OCC)c2)cc1. The lowest BCUT2D eigenvalue weighted by Gasteiger charge is -2.14. The van der Waals surface area contributed by atoms with E-state index in [0.29, 0.717) is 42.6 Å². The maximum atomic E-state index is 12.3. The van der Waals surface area contributed by atoms with Crippen LogP contribution in [0, 0.1) is 0 Å². The molecule has 8 heteroatoms. The number of nitrogens with one attached hydrogen (secondary N) is 1. The van der Waals surface area contributed by atoms with Crippen molar-refractivity contribution in [2.75, 3.05) is 13.2 Å². The molecular formula is C25H24Br2N2O4. The van der Waals surface area contributed by atoms with Gasteiger partial charge in [0, 0.05) is 10.0 Å². The first kappa shape index (κ1) is 24.8. The number of carbonyl (C=O) groups excluding carboxylic acids is 1. The standard InChI is InChI=1S/C25H24Br2N2O4/c1-3-31-21-11-7-19(8-12-21)25(30)29-28-15-18-13-22(27)24(23(14-18)32-4-2)33-16-17-5-9-20(26)10-6-17/h5-15H,3-4,16H2,1-2H3,(H,29,30)/b28-15-. The Morgan fingerprint density at radius 2 is 1.64 bits per heavy atom. The largest absolute Gasteiger partial charge is 0.494 e. The van der Waals surface area contributed by atoms with Crippen LogP contribution in [0.25, 0.3) is 0 Å². The van der Waals surface area contributed by atoms with Crippen molar-refractivity contribution in [3.63, 3.8) is 0 Å². The van der Waals surface area contributed by atoms with Crippen LogP contribution in [0.15, 0.2) is 74.7 Å². The predicted molar refractivity (Wildman–Crippen MR) is 136 cm³/mol. The first-order chi connectivity index (χ1) is 16.0. The quantitative estimate of drug-likeness (QED) is 0.226. The fourth-order valence-electron chi connectivity index (χ4n) is 2.90. The molecule has 1 amide bonds. The van der Waals surface area contributed by atoms with E-state index in [2.05, 4.69) is 42.4 Å². The zero-order valence-corrected chi connectivity index (χ0v) is 21.5. The van der Waals surface area contributed by atoms with Crippen LogP contribution in [0.5, 0.6) is 17.2 Å². The summed E-state index contributed by atoms with van der Waals surface area (Å²) in [5.74, 6) is 1.60. The van der Waals surface area contributed by atoms with Gasteiger partial charge in [0.15, 0.2) is 11.5 Å². The first-order valence-electron chi connectivity index (χ1n) is 10.4. The highest BCUT2D eigenvalue weighted by Crippen LogP contribution is 2.37. The second-order valence-electron chi connectivity index (χ2n) is 6.83. The zero-order valence-electron chi connectivity index (χ0n) is 18.3. The third kappa shape index (κ3) is 7.33. The molecule has 0 aromatic heterocycles. The van der Waals surface area contributed by atoms with Gasteiger partial charge in [-0.15, -0.1) is 0 Å². The lowest BCUT2D eigenvalue weighted by atomic mass is 10.2. The Morgan fingerprint density at radius 3 is 2.30 bits per heavy atom. The average molecular weight is 576 g/mol. The highest BCUT2D eigenvalue weighted by atomic mass is 79.9. The summed E-state index contributed by atoms with van der Waals surface area (Å²) in [5.41, 5.74) is 4.80. The van der Waals surface area contributed by atoms with E-state index in [-0.39, 0.29) is 5.91 Å². The average Bonchev–Trinajstić information content (AvgIpc) is 2.80. The van der Waals surface area contributed by atoms with Crippen LogP contribution < -0.4 is 19.6 Å². The summed E-state index contributed by atoms with van der Waals surface area (Å²) >= 11 is 6.99. The number of nitrogens with zero attached hydrogens (tertiary/aromatic N) is 1. The van der Waals surface area contributed by atoms with Gasteiger partial charge in [-0.05, 0) is 89.4 Å². The molecule has 3 rings (SSSR count). The van der Waals surface area contributed by atoms with Crippen molar-refractivity contribution in [2.24, 2.45) is 5.10 Å². The summed E-state index contributed by atoms with van der Waals surface area (Å²) in [6, 6.07) is 18.5. The Bertz CT molecular complexity index is 1100. The van der Waals surface area contributed by atoms with Crippen LogP contribution in [-0.2, 0) is 6.61 Å². The number of hydrogen-bond donors (Lipinski definition) is 1. The molecule has 0 radical (unpaired) electrons. The van der Waals surface area contributed by atoms with Gasteiger partial charge < -0.3 is 14.2 Å². The van der Waals surface area contributed by atoms with E-state index < -0.39 is 0 Å². The molecule has 0 aliphatic rings. The molecule has 0 spiro atoms. The molecule has 1 N–H and O–H groups in total. The maximum Gasteiger partial charge on any atom is 0.271 e. The lowest BCUT2D eigenvalue weighted by molar-refractivity contribution is 0.0955. The van der Waals surface area contributed by atoms with Crippen LogP contribution in [0.4, 0.5) is 0 Å². The normalized spacial score (nSPS) is 10.8. The van der Waals surface area contributed by atoms with Gasteiger partial charge in [0.05, 0.1) is 23.9 Å². The molecule has 3 aromatic rings. The van der Waals surface area contributed by atoms with Gasteiger partial charge in [-0.1, -0.05) is 28.1 Å². The summed E-state index contributed by atoms with van der Waals surface area (Å²) < 4.78 is 18.9. The molecule has 0 saturated heterocycles. The fourth-order valence-corrected chi connectivity index (χ4v) is 3.74. The van der Waals surface area contributed by atoms with E-state index in [0.717, 1.165) is 20.1 Å². The highest BCUT2D eigenvalue weighted by Gasteiger charge is 2.12. The van der Waals surface area contributed by atoms with Crippen molar-refractivity contribution in [1.82, 2.24) is 5.43 Å². The summed E-state index contributed by atoms with van der Waals surface area (Å²) in [4.78, 5) is 12.3. The number of carbonyl (C=O) groups is 1. The molecule has 3 aromatic carbocycles. The third-order valence-electron chi connectivity index (χ3n) is 4.44. The highest BCUT2D eigenvalue weighted by molar-refractivity contribution is 9.10. The second-order valence-corrected chi connectivity index (χ2v) is 8.60. The Labute approximate surface area is 210 Å². The Balaban J connectivity index is 1.67. The second kappa shape index (κ2) is 12.4. The van der Waals surface area contributed by atoms with Crippen molar-refractivity contribution < 1.29 is 19.0 Å². The van der Waals surface area contributed by atoms with Gasteiger partial charge in [0.1, 0.15) is 12.4 Å². The number of rotatable bonds is 10. The Morgan fingerprint density at radius 1 is 0.939 bits per heavy atom. The van der Waals surface area contributed by atoms with Crippen molar-refractivity contribution in [2.45, 2.75) is 20.5 Å². The van der Waals surface area contributed by atoms with Gasteiger partial charge in [0.2, 0.25) is 0 Å². The number of amides is 1. The monoisotopic (exact) mass is 574 g/mol. The van der Waals surface area contributed by atoms with Crippen molar-refractivity contribution in [3.8, 4) is 17.2 Å². The molecule has 0 fully saturated rings. The van der Waals surface area contributed by atoms with Crippen LogP contribution in [-0.4, -0.2) is 25.3 Å². The van der Waals surface area contributed by atoms with Crippen molar-refractivity contribution in [1.29, 1.82) is 0 Å². The van der Waals surface area contributed by atoms with Crippen LogP contribution in [0.1, 0.15) is 35.3 Å². The molecule has 0 aliphatic heterocycles. The van der Waals surface area contributed by atoms with E-state index in [1.807, 2.05) is 50.2 Å². The molecule has 0 bridgehead atoms. The summed E-state index contributed by atoms with van der Waals surface area (Å²) in [5, 5.41) is 4.07. The Hall–Kier alpha value is -2.84. The van der Waals surface area contributed by atoms with Crippen molar-refractivity contribution in [3.05, 3.63) is 86.3 Å². The molecule has 0 atom stereocenters. The van der Waals surface area contributed by atoms with E-state index in [1.165, 1.54) is 0 Å². The molecular weight excluding hydrogens is 552 g/mol. The summed E-state index contributed by atoms with van der Waals surface area (Å²) in [7, 11) is 0. The molecule has 6 nitrogen and oxygen atoms in total. The van der Waals surface area contributed by atoms with Crippen LogP contribution in [0.2, 0.25) is 0 Å². The van der Waals surface area contributed by atoms with Gasteiger partial charge >= 0.3 is 0 Å². The minimum absolute atomic E-state index is 0.312. The summed E-state index contributed by atoms with van der Waals surface area (Å²) in [6.45, 7) is 5.27. The maximum absolute atomic E-state index is 12.3. The minimum atomic E-state index is -0.312. The molecule has 0 aliphatic carbocycles. The van der Waals surface area contributed by atoms with Crippen LogP contribution in [0.3, 0.4) is 0 Å². The lowest BCUT2D eigenvalue weighted by Crippen LogP contribution is -2.17. The van der Waals surface area contributed by atoms with E-state index >= 15 is 0 Å². The predicted octanol–water partition coefficient (Wildman–Crippen LogP) is 6.35. The first-order valence-corrected chi connectivity index (χ1v) is 12.0. The molecule has 0 heterocycles. The van der Waals surface area contributed by atoms with E-state index in [4.69, 9.17) is 14.2 Å². The van der Waals surface area contributed by atoms with Crippen molar-refractivity contribution >= 4 is 44.0 Å². The number of ether oxygens (including phenoxy) is 3. The van der Waals surface area contributed by atoms with Gasteiger partial charge in [-0.25, -0.2) is 5.43 Å². The van der Waals surface area contributed by atoms with Gasteiger partial charge in [-0.2, -0.15) is 5.10 Å². The number of benzene rings is 3. The zero-order chi connectivity index (χ0) is 23.6. The van der Waals surface area contributed by atoms with Gasteiger partial charge in [-0.3, -0.25) is 4.79 Å². The number of halogens is 2. The third-order valence-corrected chi connectivity index (χ3v) is 5.55. The van der Waals surface area contributed by atoms with Crippen LogP contribution >= 0.6 is 31.9 Å². The van der Waals surface area contributed by atoms with E-state index in [9.17, 15) is 4.79 Å². The molecule has 172 valence electrons. The Kier molecular flexibility index (Phi) is 9.33. The van der Waals surface area contributed by atoms with E-state index in [1.54, 1.807) is 30.5 Å². The smallest absolute Gasteiger partial charge is 0.271 e. The topological polar surface area (TPSA) is 69.2 Å². The molecule has 33 heavy (non-hydrogen) atoms. The number of hydrogen-bond acceptors (Lipinski definition) is 5.